The van der Waals surface area contributed by atoms with Gasteiger partial charge in [-0.05, 0) is 24.5 Å². The summed E-state index contributed by atoms with van der Waals surface area (Å²) in [6.07, 6.45) is 9.50. The van der Waals surface area contributed by atoms with Crippen LogP contribution in [0.2, 0.25) is 0 Å². The molecule has 7 heteroatoms. The Labute approximate surface area is 136 Å². The highest BCUT2D eigenvalue weighted by atomic mass is 16.5. The van der Waals surface area contributed by atoms with Crippen molar-refractivity contribution in [2.24, 2.45) is 7.05 Å². The van der Waals surface area contributed by atoms with E-state index in [0.717, 1.165) is 25.3 Å². The number of hydrogen-bond acceptors (Lipinski definition) is 6. The fourth-order valence-corrected chi connectivity index (χ4v) is 3.05. The Hall–Kier alpha value is -1.99. The Bertz CT molecular complexity index is 604. The van der Waals surface area contributed by atoms with Crippen LogP contribution in [0.15, 0.2) is 30.9 Å². The molecule has 0 aliphatic carbocycles. The Kier molecular flexibility index (Phi) is 5.19. The molecule has 0 radical (unpaired) electrons. The summed E-state index contributed by atoms with van der Waals surface area (Å²) in [5.74, 6) is 0.763. The number of aromatic nitrogens is 4. The van der Waals surface area contributed by atoms with Crippen LogP contribution in [0.1, 0.15) is 12.0 Å². The fraction of sp³-hybridized carbons (Fsp3) is 0.562. The smallest absolute Gasteiger partial charge is 0.225 e. The van der Waals surface area contributed by atoms with E-state index in [0.29, 0.717) is 13.2 Å². The van der Waals surface area contributed by atoms with Crippen molar-refractivity contribution in [3.63, 3.8) is 0 Å². The van der Waals surface area contributed by atoms with Crippen LogP contribution < -0.4 is 4.90 Å². The zero-order valence-corrected chi connectivity index (χ0v) is 13.6. The number of nitrogens with zero attached hydrogens (tertiary/aromatic N) is 5. The van der Waals surface area contributed by atoms with Crippen LogP contribution in [0.5, 0.6) is 0 Å². The van der Waals surface area contributed by atoms with E-state index in [1.807, 2.05) is 24.0 Å². The van der Waals surface area contributed by atoms with Gasteiger partial charge in [-0.2, -0.15) is 5.10 Å². The average Bonchev–Trinajstić information content (AvgIpc) is 3.16. The third-order valence-electron chi connectivity index (χ3n) is 4.12. The van der Waals surface area contributed by atoms with Crippen LogP contribution in [0.3, 0.4) is 0 Å². The summed E-state index contributed by atoms with van der Waals surface area (Å²) < 4.78 is 13.0. The summed E-state index contributed by atoms with van der Waals surface area (Å²) in [4.78, 5) is 11.0. The Morgan fingerprint density at radius 2 is 2.09 bits per heavy atom. The minimum Gasteiger partial charge on any atom is -0.382 e. The molecule has 0 amide bonds. The summed E-state index contributed by atoms with van der Waals surface area (Å²) in [5.41, 5.74) is 1.20. The molecule has 0 aromatic carbocycles. The van der Waals surface area contributed by atoms with Gasteiger partial charge in [0.05, 0.1) is 31.6 Å². The van der Waals surface area contributed by atoms with Gasteiger partial charge in [-0.15, -0.1) is 0 Å². The van der Waals surface area contributed by atoms with E-state index >= 15 is 0 Å². The van der Waals surface area contributed by atoms with Crippen LogP contribution in [0, 0.1) is 0 Å². The normalized spacial score (nSPS) is 21.0. The second-order valence-electron chi connectivity index (χ2n) is 5.73. The molecule has 0 spiro atoms. The summed E-state index contributed by atoms with van der Waals surface area (Å²) in [7, 11) is 3.62. The molecule has 3 heterocycles. The molecule has 1 aliphatic rings. The number of aryl methyl sites for hydroxylation is 1. The predicted octanol–water partition coefficient (Wildman–Crippen LogP) is 1.06. The molecule has 0 saturated carbocycles. The lowest BCUT2D eigenvalue weighted by Crippen LogP contribution is -2.39. The molecule has 1 aliphatic heterocycles. The van der Waals surface area contributed by atoms with Gasteiger partial charge in [0.25, 0.3) is 0 Å². The van der Waals surface area contributed by atoms with E-state index < -0.39 is 0 Å². The van der Waals surface area contributed by atoms with Gasteiger partial charge in [-0.3, -0.25) is 4.68 Å². The van der Waals surface area contributed by atoms with Crippen molar-refractivity contribution in [2.75, 3.05) is 31.8 Å². The maximum atomic E-state index is 6.04. The Balaban J connectivity index is 1.75. The first-order chi connectivity index (χ1) is 11.3. The van der Waals surface area contributed by atoms with Gasteiger partial charge < -0.3 is 14.4 Å². The molecular weight excluding hydrogens is 294 g/mol. The van der Waals surface area contributed by atoms with Gasteiger partial charge in [0.2, 0.25) is 5.95 Å². The summed E-state index contributed by atoms with van der Waals surface area (Å²) in [5, 5.41) is 4.26. The number of anilines is 1. The van der Waals surface area contributed by atoms with Crippen molar-refractivity contribution in [3.05, 3.63) is 36.4 Å². The van der Waals surface area contributed by atoms with Gasteiger partial charge >= 0.3 is 0 Å². The van der Waals surface area contributed by atoms with Gasteiger partial charge in [0, 0.05) is 39.3 Å². The molecule has 124 valence electrons. The van der Waals surface area contributed by atoms with E-state index in [1.165, 1.54) is 5.56 Å². The van der Waals surface area contributed by atoms with Crippen molar-refractivity contribution < 1.29 is 9.47 Å². The van der Waals surface area contributed by atoms with Gasteiger partial charge in [0.15, 0.2) is 0 Å². The van der Waals surface area contributed by atoms with Crippen LogP contribution in [-0.2, 0) is 22.9 Å². The maximum absolute atomic E-state index is 6.04. The first-order valence-electron chi connectivity index (χ1n) is 7.89. The molecular formula is C16H23N5O2. The monoisotopic (exact) mass is 317 g/mol. The Morgan fingerprint density at radius 3 is 2.78 bits per heavy atom. The number of rotatable bonds is 7. The quantitative estimate of drug-likeness (QED) is 0.712. The summed E-state index contributed by atoms with van der Waals surface area (Å²) >= 11 is 0. The summed E-state index contributed by atoms with van der Waals surface area (Å²) in [6, 6.07) is 2.04. The number of hydrogen-bond donors (Lipinski definition) is 0. The first-order valence-corrected chi connectivity index (χ1v) is 7.89. The Morgan fingerprint density at radius 1 is 1.26 bits per heavy atom. The van der Waals surface area contributed by atoms with E-state index in [-0.39, 0.29) is 12.1 Å². The lowest BCUT2D eigenvalue weighted by molar-refractivity contribution is 0.0136. The lowest BCUT2D eigenvalue weighted by Gasteiger charge is -2.27. The maximum Gasteiger partial charge on any atom is 0.225 e. The third-order valence-corrected chi connectivity index (χ3v) is 4.12. The highest BCUT2D eigenvalue weighted by Gasteiger charge is 2.36. The molecule has 0 unspecified atom stereocenters. The van der Waals surface area contributed by atoms with Gasteiger partial charge in [-0.1, -0.05) is 0 Å². The van der Waals surface area contributed by atoms with Crippen molar-refractivity contribution >= 4 is 5.95 Å². The zero-order valence-electron chi connectivity index (χ0n) is 13.6. The second-order valence-corrected chi connectivity index (χ2v) is 5.73. The molecule has 1 fully saturated rings. The van der Waals surface area contributed by atoms with Gasteiger partial charge in [-0.25, -0.2) is 9.97 Å². The highest BCUT2D eigenvalue weighted by molar-refractivity contribution is 5.35. The minimum atomic E-state index is 0.147. The standard InChI is InChI=1S/C16H23N5O2/c1-20-12-13(11-19-20)10-14-15(23-9-8-22-2)4-7-21(14)16-17-5-3-6-18-16/h3,5-6,11-12,14-15H,4,7-10H2,1-2H3/t14-,15+/m0/s1. The van der Waals surface area contributed by atoms with E-state index in [9.17, 15) is 0 Å². The average molecular weight is 317 g/mol. The molecule has 2 atom stereocenters. The van der Waals surface area contributed by atoms with Crippen LogP contribution in [0.25, 0.3) is 0 Å². The molecule has 0 bridgehead atoms. The molecule has 23 heavy (non-hydrogen) atoms. The van der Waals surface area contributed by atoms with Crippen molar-refractivity contribution in [1.29, 1.82) is 0 Å². The molecule has 3 rings (SSSR count). The molecule has 0 N–H and O–H groups in total. The fourth-order valence-electron chi connectivity index (χ4n) is 3.05. The predicted molar refractivity (Wildman–Crippen MR) is 86.3 cm³/mol. The molecule has 2 aromatic rings. The zero-order chi connectivity index (χ0) is 16.1. The van der Waals surface area contributed by atoms with Crippen molar-refractivity contribution in [1.82, 2.24) is 19.7 Å². The van der Waals surface area contributed by atoms with Crippen LogP contribution in [0.4, 0.5) is 5.95 Å². The SMILES string of the molecule is COCCO[C@@H]1CCN(c2ncccn2)[C@H]1Cc1cnn(C)c1. The molecule has 1 saturated heterocycles. The lowest BCUT2D eigenvalue weighted by atomic mass is 10.0. The van der Waals surface area contributed by atoms with Crippen molar-refractivity contribution in [3.8, 4) is 0 Å². The summed E-state index contributed by atoms with van der Waals surface area (Å²) in [6.45, 7) is 2.11. The van der Waals surface area contributed by atoms with E-state index in [4.69, 9.17) is 9.47 Å². The first kappa shape index (κ1) is 15.9. The molecule has 2 aromatic heterocycles. The van der Waals surface area contributed by atoms with Crippen molar-refractivity contribution in [2.45, 2.75) is 25.0 Å². The van der Waals surface area contributed by atoms with Gasteiger partial charge in [0.1, 0.15) is 0 Å². The minimum absolute atomic E-state index is 0.147. The van der Waals surface area contributed by atoms with Crippen LogP contribution in [-0.4, -0.2) is 58.8 Å². The second kappa shape index (κ2) is 7.52. The number of ether oxygens (including phenoxy) is 2. The van der Waals surface area contributed by atoms with Crippen LogP contribution >= 0.6 is 0 Å². The topological polar surface area (TPSA) is 65.3 Å². The molecule has 7 nitrogen and oxygen atoms in total. The number of methoxy groups -OCH3 is 1. The third kappa shape index (κ3) is 3.86. The highest BCUT2D eigenvalue weighted by Crippen LogP contribution is 2.27. The largest absolute Gasteiger partial charge is 0.382 e. The van der Waals surface area contributed by atoms with E-state index in [2.05, 4.69) is 26.2 Å². The van der Waals surface area contributed by atoms with E-state index in [1.54, 1.807) is 19.5 Å².